The molecule has 2 N–H and O–H groups in total. The highest BCUT2D eigenvalue weighted by molar-refractivity contribution is 6.07. The molecule has 0 bridgehead atoms. The molecule has 0 atom stereocenters. The quantitative estimate of drug-likeness (QED) is 0.475. The summed E-state index contributed by atoms with van der Waals surface area (Å²) in [6.45, 7) is 6.92. The number of hydrogen-bond acceptors (Lipinski definition) is 6. The summed E-state index contributed by atoms with van der Waals surface area (Å²) >= 11 is 0. The van der Waals surface area contributed by atoms with Crippen LogP contribution in [0.5, 0.6) is 11.5 Å². The van der Waals surface area contributed by atoms with E-state index in [0.29, 0.717) is 22.6 Å². The van der Waals surface area contributed by atoms with Crippen molar-refractivity contribution < 1.29 is 19.1 Å². The maximum atomic E-state index is 13.2. The van der Waals surface area contributed by atoms with Crippen molar-refractivity contribution in [3.05, 3.63) is 77.9 Å². The zero-order valence-corrected chi connectivity index (χ0v) is 21.8. The zero-order valence-electron chi connectivity index (χ0n) is 21.8. The molecular weight excluding hydrogens is 468 g/mol. The summed E-state index contributed by atoms with van der Waals surface area (Å²) in [5.41, 5.74) is 3.40. The lowest BCUT2D eigenvalue weighted by Crippen LogP contribution is -2.47. The first-order valence-electron chi connectivity index (χ1n) is 12.4. The maximum absolute atomic E-state index is 13.2. The van der Waals surface area contributed by atoms with E-state index in [9.17, 15) is 9.59 Å². The minimum absolute atomic E-state index is 0.0189. The average molecular weight is 503 g/mol. The van der Waals surface area contributed by atoms with Crippen molar-refractivity contribution in [2.45, 2.75) is 19.9 Å². The van der Waals surface area contributed by atoms with Crippen LogP contribution < -0.4 is 29.9 Å². The molecule has 0 aromatic heterocycles. The van der Waals surface area contributed by atoms with E-state index in [4.69, 9.17) is 9.47 Å². The first-order chi connectivity index (χ1) is 17.9. The summed E-state index contributed by atoms with van der Waals surface area (Å²) < 4.78 is 10.9. The van der Waals surface area contributed by atoms with E-state index in [1.807, 2.05) is 50.2 Å². The number of nitrogens with zero attached hydrogens (tertiary/aromatic N) is 2. The van der Waals surface area contributed by atoms with Crippen LogP contribution in [0.1, 0.15) is 34.6 Å². The first-order valence-corrected chi connectivity index (χ1v) is 12.4. The van der Waals surface area contributed by atoms with Gasteiger partial charge in [0, 0.05) is 43.6 Å². The smallest absolute Gasteiger partial charge is 0.259 e. The van der Waals surface area contributed by atoms with Crippen LogP contribution in [0.4, 0.5) is 17.1 Å². The van der Waals surface area contributed by atoms with E-state index < -0.39 is 0 Å². The lowest BCUT2D eigenvalue weighted by atomic mass is 10.1. The summed E-state index contributed by atoms with van der Waals surface area (Å²) in [6, 6.07) is 20.5. The zero-order chi connectivity index (χ0) is 26.4. The van der Waals surface area contributed by atoms with Gasteiger partial charge in [-0.1, -0.05) is 24.3 Å². The predicted molar refractivity (Wildman–Crippen MR) is 147 cm³/mol. The Morgan fingerprint density at radius 1 is 0.730 bits per heavy atom. The second kappa shape index (κ2) is 11.7. The average Bonchev–Trinajstić information content (AvgIpc) is 2.92. The Morgan fingerprint density at radius 3 is 1.97 bits per heavy atom. The van der Waals surface area contributed by atoms with E-state index in [1.54, 1.807) is 31.4 Å². The van der Waals surface area contributed by atoms with Crippen LogP contribution >= 0.6 is 0 Å². The van der Waals surface area contributed by atoms with Crippen LogP contribution in [0, 0.1) is 0 Å². The van der Waals surface area contributed by atoms with Gasteiger partial charge in [-0.2, -0.15) is 0 Å². The summed E-state index contributed by atoms with van der Waals surface area (Å²) in [7, 11) is 3.21. The lowest BCUT2D eigenvalue weighted by molar-refractivity contribution is 0.0942. The minimum atomic E-state index is -0.300. The van der Waals surface area contributed by atoms with Crippen molar-refractivity contribution in [2.75, 3.05) is 55.5 Å². The Labute approximate surface area is 218 Å². The molecule has 0 saturated carbocycles. The van der Waals surface area contributed by atoms with Crippen LogP contribution in [0.15, 0.2) is 66.7 Å². The number of carbonyl (C=O) groups is 2. The van der Waals surface area contributed by atoms with Gasteiger partial charge in [0.2, 0.25) is 0 Å². The van der Waals surface area contributed by atoms with Crippen molar-refractivity contribution in [1.29, 1.82) is 0 Å². The van der Waals surface area contributed by atoms with Crippen LogP contribution in [0.3, 0.4) is 0 Å². The van der Waals surface area contributed by atoms with E-state index >= 15 is 0 Å². The van der Waals surface area contributed by atoms with Gasteiger partial charge < -0.3 is 29.9 Å². The molecule has 3 aromatic carbocycles. The molecule has 4 rings (SSSR count). The van der Waals surface area contributed by atoms with Crippen molar-refractivity contribution >= 4 is 28.9 Å². The third-order valence-electron chi connectivity index (χ3n) is 6.32. The molecule has 1 heterocycles. The number of nitrogens with one attached hydrogen (secondary N) is 2. The SMILES string of the molecule is COc1ccccc1C(=O)Nc1ccc(N2CCN(c3ccccc3OC)CC2)c(C(=O)NC(C)C)c1. The number of hydrogen-bond donors (Lipinski definition) is 2. The highest BCUT2D eigenvalue weighted by atomic mass is 16.5. The number of piperazine rings is 1. The van der Waals surface area contributed by atoms with Crippen molar-refractivity contribution in [2.24, 2.45) is 0 Å². The third kappa shape index (κ3) is 5.97. The Morgan fingerprint density at radius 2 is 1.32 bits per heavy atom. The molecule has 8 heteroatoms. The number of ether oxygens (including phenoxy) is 2. The normalized spacial score (nSPS) is 13.3. The summed E-state index contributed by atoms with van der Waals surface area (Å²) in [5.74, 6) is 0.863. The molecule has 1 fully saturated rings. The van der Waals surface area contributed by atoms with Gasteiger partial charge in [0.25, 0.3) is 11.8 Å². The van der Waals surface area contributed by atoms with Gasteiger partial charge in [-0.15, -0.1) is 0 Å². The van der Waals surface area contributed by atoms with Crippen LogP contribution in [0.2, 0.25) is 0 Å². The fraction of sp³-hybridized carbons (Fsp3) is 0.310. The van der Waals surface area contributed by atoms with Gasteiger partial charge in [0.05, 0.1) is 31.0 Å². The molecule has 0 radical (unpaired) electrons. The Kier molecular flexibility index (Phi) is 8.18. The largest absolute Gasteiger partial charge is 0.496 e. The number of carbonyl (C=O) groups excluding carboxylic acids is 2. The molecule has 3 aromatic rings. The molecule has 1 aliphatic rings. The molecule has 194 valence electrons. The van der Waals surface area contributed by atoms with Crippen LogP contribution in [0.25, 0.3) is 0 Å². The standard InChI is InChI=1S/C29H34N4O4/c1-20(2)30-29(35)23-19-21(31-28(34)22-9-5-7-11-26(22)36-3)13-14-24(23)32-15-17-33(18-16-32)25-10-6-8-12-27(25)37-4/h5-14,19-20H,15-18H2,1-4H3,(H,30,35)(H,31,34). The Bertz CT molecular complexity index is 1250. The van der Waals surface area contributed by atoms with Gasteiger partial charge in [0.1, 0.15) is 11.5 Å². The highest BCUT2D eigenvalue weighted by Gasteiger charge is 2.24. The van der Waals surface area contributed by atoms with E-state index in [2.05, 4.69) is 26.5 Å². The molecule has 2 amide bonds. The van der Waals surface area contributed by atoms with Crippen molar-refractivity contribution in [1.82, 2.24) is 5.32 Å². The Balaban J connectivity index is 1.56. The van der Waals surface area contributed by atoms with E-state index in [1.165, 1.54) is 7.11 Å². The van der Waals surface area contributed by atoms with Crippen molar-refractivity contribution in [3.8, 4) is 11.5 Å². The predicted octanol–water partition coefficient (Wildman–Crippen LogP) is 4.42. The summed E-state index contributed by atoms with van der Waals surface area (Å²) in [6.07, 6.45) is 0. The number of methoxy groups -OCH3 is 2. The lowest BCUT2D eigenvalue weighted by Gasteiger charge is -2.38. The van der Waals surface area contributed by atoms with Crippen LogP contribution in [-0.2, 0) is 0 Å². The molecule has 0 spiro atoms. The topological polar surface area (TPSA) is 83.1 Å². The van der Waals surface area contributed by atoms with Gasteiger partial charge in [0.15, 0.2) is 0 Å². The van der Waals surface area contributed by atoms with E-state index in [0.717, 1.165) is 43.3 Å². The van der Waals surface area contributed by atoms with Gasteiger partial charge in [-0.25, -0.2) is 0 Å². The minimum Gasteiger partial charge on any atom is -0.496 e. The molecule has 1 saturated heterocycles. The first kappa shape index (κ1) is 25.9. The second-order valence-corrected chi connectivity index (χ2v) is 9.16. The van der Waals surface area contributed by atoms with Crippen molar-refractivity contribution in [3.63, 3.8) is 0 Å². The molecule has 0 aliphatic carbocycles. The number of rotatable bonds is 8. The molecule has 1 aliphatic heterocycles. The fourth-order valence-corrected chi connectivity index (χ4v) is 4.52. The monoisotopic (exact) mass is 502 g/mol. The molecule has 0 unspecified atom stereocenters. The summed E-state index contributed by atoms with van der Waals surface area (Å²) in [5, 5.41) is 5.91. The third-order valence-corrected chi connectivity index (χ3v) is 6.32. The highest BCUT2D eigenvalue weighted by Crippen LogP contribution is 2.31. The fourth-order valence-electron chi connectivity index (χ4n) is 4.52. The van der Waals surface area contributed by atoms with Gasteiger partial charge in [-0.3, -0.25) is 9.59 Å². The second-order valence-electron chi connectivity index (χ2n) is 9.16. The van der Waals surface area contributed by atoms with Gasteiger partial charge >= 0.3 is 0 Å². The van der Waals surface area contributed by atoms with Crippen LogP contribution in [-0.4, -0.2) is 58.3 Å². The molecule has 37 heavy (non-hydrogen) atoms. The Hall–Kier alpha value is -4.20. The number of benzene rings is 3. The number of amides is 2. The summed E-state index contributed by atoms with van der Waals surface area (Å²) in [4.78, 5) is 30.7. The van der Waals surface area contributed by atoms with E-state index in [-0.39, 0.29) is 17.9 Å². The molecule has 8 nitrogen and oxygen atoms in total. The molecular formula is C29H34N4O4. The number of anilines is 3. The van der Waals surface area contributed by atoms with Gasteiger partial charge in [-0.05, 0) is 56.3 Å². The number of para-hydroxylation sites is 3. The maximum Gasteiger partial charge on any atom is 0.259 e.